The van der Waals surface area contributed by atoms with Gasteiger partial charge in [-0.1, -0.05) is 29.3 Å². The molecule has 26 heavy (non-hydrogen) atoms. The van der Waals surface area contributed by atoms with Gasteiger partial charge in [0.05, 0.1) is 54.1 Å². The summed E-state index contributed by atoms with van der Waals surface area (Å²) in [4.78, 5) is 1.22. The fraction of sp³-hybridized carbons (Fsp3) is 0.368. The van der Waals surface area contributed by atoms with Crippen molar-refractivity contribution in [1.82, 2.24) is 0 Å². The van der Waals surface area contributed by atoms with Crippen LogP contribution >= 0.6 is 23.2 Å². The molecule has 4 atom stereocenters. The van der Waals surface area contributed by atoms with E-state index in [1.165, 1.54) is 4.90 Å². The van der Waals surface area contributed by atoms with Gasteiger partial charge in [-0.3, -0.25) is 0 Å². The lowest BCUT2D eigenvalue weighted by Gasteiger charge is -2.46. The van der Waals surface area contributed by atoms with Gasteiger partial charge in [-0.25, -0.2) is 0 Å². The van der Waals surface area contributed by atoms with Crippen molar-refractivity contribution in [3.05, 3.63) is 45.5 Å². The minimum absolute atomic E-state index is 0.150. The highest BCUT2D eigenvalue weighted by Crippen LogP contribution is 2.52. The fourth-order valence-electron chi connectivity index (χ4n) is 4.14. The van der Waals surface area contributed by atoms with Crippen LogP contribution in [0.3, 0.4) is 0 Å². The highest BCUT2D eigenvalue weighted by molar-refractivity contribution is 6.42. The van der Waals surface area contributed by atoms with E-state index in [1.807, 2.05) is 13.1 Å². The van der Waals surface area contributed by atoms with E-state index in [0.29, 0.717) is 22.2 Å². The normalized spacial score (nSPS) is 29.5. The van der Waals surface area contributed by atoms with Crippen LogP contribution in [0.15, 0.2) is 29.8 Å². The molecule has 1 aromatic rings. The van der Waals surface area contributed by atoms with Crippen molar-refractivity contribution in [3.8, 4) is 18.2 Å². The molecule has 0 spiro atoms. The third kappa shape index (κ3) is 2.59. The summed E-state index contributed by atoms with van der Waals surface area (Å²) >= 11 is 12.2. The third-order valence-corrected chi connectivity index (χ3v) is 6.12. The van der Waals surface area contributed by atoms with E-state index in [0.717, 1.165) is 12.1 Å². The highest BCUT2D eigenvalue weighted by atomic mass is 35.5. The number of rotatable bonds is 1. The zero-order valence-electron chi connectivity index (χ0n) is 14.1. The van der Waals surface area contributed by atoms with Crippen LogP contribution in [0.4, 0.5) is 0 Å². The Bertz CT molecular complexity index is 917. The van der Waals surface area contributed by atoms with E-state index in [9.17, 15) is 15.8 Å². The average Bonchev–Trinajstić information content (AvgIpc) is 2.63. The number of benzene rings is 1. The maximum Gasteiger partial charge on any atom is 0.189 e. The summed E-state index contributed by atoms with van der Waals surface area (Å²) < 4.78 is 0. The quantitative estimate of drug-likeness (QED) is 0.726. The van der Waals surface area contributed by atoms with Gasteiger partial charge in [0, 0.05) is 11.8 Å². The molecule has 5 nitrogen and oxygen atoms in total. The van der Waals surface area contributed by atoms with Crippen molar-refractivity contribution in [2.24, 2.45) is 17.3 Å². The maximum absolute atomic E-state index is 9.93. The van der Waals surface area contributed by atoms with E-state index >= 15 is 0 Å². The van der Waals surface area contributed by atoms with Crippen LogP contribution in [0.1, 0.15) is 11.5 Å². The summed E-state index contributed by atoms with van der Waals surface area (Å²) in [6, 6.07) is 11.3. The second-order valence-electron chi connectivity index (χ2n) is 6.83. The summed E-state index contributed by atoms with van der Waals surface area (Å²) in [6.07, 6.45) is 1.98. The van der Waals surface area contributed by atoms with Crippen LogP contribution in [0, 0.1) is 56.7 Å². The van der Waals surface area contributed by atoms with Gasteiger partial charge < -0.3 is 10.3 Å². The maximum atomic E-state index is 9.93. The number of hydrogen-bond acceptors (Lipinski definition) is 4. The van der Waals surface area contributed by atoms with Gasteiger partial charge in [0.1, 0.15) is 5.92 Å². The first-order valence-electron chi connectivity index (χ1n) is 8.16. The number of fused-ring (bicyclic) bond motifs is 1. The van der Waals surface area contributed by atoms with Crippen molar-refractivity contribution >= 4 is 28.9 Å². The Labute approximate surface area is 162 Å². The van der Waals surface area contributed by atoms with E-state index < -0.39 is 17.3 Å². The number of likely N-dealkylation sites (N-methyl/N-ethyl adjacent to an activating group) is 1. The lowest BCUT2D eigenvalue weighted by atomic mass is 9.54. The zero-order chi connectivity index (χ0) is 19.1. The molecule has 7 heteroatoms. The Morgan fingerprint density at radius 3 is 2.46 bits per heavy atom. The van der Waals surface area contributed by atoms with E-state index in [-0.39, 0.29) is 11.6 Å². The minimum atomic E-state index is -1.71. The van der Waals surface area contributed by atoms with Crippen LogP contribution in [-0.4, -0.2) is 25.8 Å². The van der Waals surface area contributed by atoms with E-state index in [1.54, 1.807) is 18.2 Å². The molecule has 0 amide bonds. The summed E-state index contributed by atoms with van der Waals surface area (Å²) in [5.41, 5.74) is -0.338. The zero-order valence-corrected chi connectivity index (χ0v) is 15.6. The van der Waals surface area contributed by atoms with Gasteiger partial charge in [0.15, 0.2) is 5.41 Å². The largest absolute Gasteiger partial charge is 0.334 e. The fourth-order valence-corrected chi connectivity index (χ4v) is 4.44. The Morgan fingerprint density at radius 2 is 1.88 bits per heavy atom. The van der Waals surface area contributed by atoms with Crippen molar-refractivity contribution in [2.75, 3.05) is 20.1 Å². The van der Waals surface area contributed by atoms with Gasteiger partial charge in [-0.2, -0.15) is 15.8 Å². The first-order chi connectivity index (χ1) is 12.4. The second-order valence-corrected chi connectivity index (χ2v) is 7.65. The average molecular weight is 385 g/mol. The van der Waals surface area contributed by atoms with Crippen molar-refractivity contribution in [1.29, 1.82) is 21.2 Å². The number of nitriles is 3. The molecular formula is C19H16Cl2N5+. The number of nitrogens with zero attached hydrogens (tertiary/aromatic N) is 3. The molecule has 0 radical (unpaired) electrons. The molecule has 1 aliphatic heterocycles. The summed E-state index contributed by atoms with van der Waals surface area (Å²) in [6.45, 7) is 1.42. The van der Waals surface area contributed by atoms with Gasteiger partial charge in [0.2, 0.25) is 0 Å². The number of nitrogens with one attached hydrogen (secondary N) is 2. The summed E-state index contributed by atoms with van der Waals surface area (Å²) in [5, 5.41) is 38.7. The van der Waals surface area contributed by atoms with Gasteiger partial charge in [-0.05, 0) is 29.3 Å². The van der Waals surface area contributed by atoms with Crippen LogP contribution in [-0.2, 0) is 0 Å². The predicted octanol–water partition coefficient (Wildman–Crippen LogP) is 2.35. The lowest BCUT2D eigenvalue weighted by Crippen LogP contribution is -3.10. The van der Waals surface area contributed by atoms with E-state index in [4.69, 9.17) is 28.6 Å². The van der Waals surface area contributed by atoms with Gasteiger partial charge >= 0.3 is 0 Å². The van der Waals surface area contributed by atoms with E-state index in [2.05, 4.69) is 18.2 Å². The molecule has 1 aromatic carbocycles. The van der Waals surface area contributed by atoms with Crippen LogP contribution in [0.5, 0.6) is 0 Å². The molecule has 0 saturated heterocycles. The molecule has 0 aromatic heterocycles. The molecule has 1 aliphatic carbocycles. The smallest absolute Gasteiger partial charge is 0.189 e. The Hall–Kier alpha value is -2.36. The molecule has 2 aliphatic rings. The number of hydrogen-bond donors (Lipinski definition) is 2. The Kier molecular flexibility index (Phi) is 4.78. The topological polar surface area (TPSA) is 99.7 Å². The monoisotopic (exact) mass is 384 g/mol. The highest BCUT2D eigenvalue weighted by Gasteiger charge is 2.58. The van der Waals surface area contributed by atoms with Crippen molar-refractivity contribution in [3.63, 3.8) is 0 Å². The molecule has 1 fully saturated rings. The summed E-state index contributed by atoms with van der Waals surface area (Å²) in [7, 11) is 2.03. The number of quaternary nitrogens is 1. The predicted molar refractivity (Wildman–Crippen MR) is 97.9 cm³/mol. The molecule has 3 rings (SSSR count). The van der Waals surface area contributed by atoms with Crippen molar-refractivity contribution < 1.29 is 4.90 Å². The van der Waals surface area contributed by atoms with Crippen molar-refractivity contribution in [2.45, 2.75) is 5.92 Å². The first-order valence-corrected chi connectivity index (χ1v) is 8.92. The number of halogens is 2. The molecule has 130 valence electrons. The van der Waals surface area contributed by atoms with Crippen LogP contribution in [0.25, 0.3) is 0 Å². The van der Waals surface area contributed by atoms with Gasteiger partial charge in [-0.15, -0.1) is 0 Å². The van der Waals surface area contributed by atoms with Gasteiger partial charge in [0.25, 0.3) is 0 Å². The standard InChI is InChI=1S/C19H15Cl2N5/c1-26-5-4-12-13(7-22)18(25)19(9-23,10-24)17(14(12)8-26)11-2-3-15(20)16(21)6-11/h2-4,6,13-14,17,25H,5,8H2,1H3/p+1/t13?,14-,17-/m0/s1. The second kappa shape index (κ2) is 6.75. The molecule has 0 bridgehead atoms. The molecular weight excluding hydrogens is 369 g/mol. The Morgan fingerprint density at radius 1 is 1.19 bits per heavy atom. The first kappa shape index (κ1) is 18.4. The third-order valence-electron chi connectivity index (χ3n) is 5.38. The molecule has 2 unspecified atom stereocenters. The molecule has 2 N–H and O–H groups in total. The SMILES string of the molecule is C[NH+]1CC=C2C(C#N)C(=N)C(C#N)(C#N)[C@@H](c3ccc(Cl)c(Cl)c3)[C@H]2C1. The van der Waals surface area contributed by atoms with Crippen LogP contribution in [0.2, 0.25) is 10.0 Å². The Balaban J connectivity index is 2.28. The van der Waals surface area contributed by atoms with Crippen LogP contribution < -0.4 is 4.90 Å². The lowest BCUT2D eigenvalue weighted by molar-refractivity contribution is -0.878. The molecule has 1 heterocycles. The summed E-state index contributed by atoms with van der Waals surface area (Å²) in [5.74, 6) is -1.61. The molecule has 1 saturated carbocycles. The minimum Gasteiger partial charge on any atom is -0.334 e.